The van der Waals surface area contributed by atoms with Gasteiger partial charge in [0.05, 0.1) is 0 Å². The molecule has 0 radical (unpaired) electrons. The third kappa shape index (κ3) is 3.68. The molecule has 0 spiro atoms. The van der Waals surface area contributed by atoms with E-state index in [0.717, 1.165) is 25.6 Å². The van der Waals surface area contributed by atoms with Gasteiger partial charge in [-0.1, -0.05) is 12.2 Å². The molecule has 1 atom stereocenters. The van der Waals surface area contributed by atoms with E-state index in [4.69, 9.17) is 0 Å². The molecule has 0 saturated carbocycles. The molecular weight excluding hydrogens is 186 g/mol. The molecule has 1 unspecified atom stereocenters. The molecule has 0 aliphatic carbocycles. The van der Waals surface area contributed by atoms with Gasteiger partial charge in [-0.05, 0) is 44.5 Å². The molecule has 2 heterocycles. The van der Waals surface area contributed by atoms with Crippen LogP contribution in [-0.4, -0.2) is 32.7 Å². The standard InChI is InChI=1S/C12H21N3/c1-2-7-15-12(5-1)10-14-9-11-4-3-6-13-8-11/h1-2,5,11,13-15H,3-4,6-10H2. The van der Waals surface area contributed by atoms with Crippen LogP contribution in [0, 0.1) is 5.92 Å². The maximum atomic E-state index is 3.52. The molecule has 3 N–H and O–H groups in total. The molecule has 0 aromatic heterocycles. The van der Waals surface area contributed by atoms with E-state index in [-0.39, 0.29) is 0 Å². The number of nitrogens with one attached hydrogen (secondary N) is 3. The van der Waals surface area contributed by atoms with E-state index in [1.165, 1.54) is 31.6 Å². The average Bonchev–Trinajstić information content (AvgIpc) is 2.32. The zero-order valence-electron chi connectivity index (χ0n) is 9.26. The van der Waals surface area contributed by atoms with Crippen LogP contribution in [0.25, 0.3) is 0 Å². The van der Waals surface area contributed by atoms with Crippen molar-refractivity contribution in [2.24, 2.45) is 5.92 Å². The summed E-state index contributed by atoms with van der Waals surface area (Å²) < 4.78 is 0. The van der Waals surface area contributed by atoms with Crippen molar-refractivity contribution < 1.29 is 0 Å². The molecule has 15 heavy (non-hydrogen) atoms. The Morgan fingerprint density at radius 1 is 1.47 bits per heavy atom. The van der Waals surface area contributed by atoms with Crippen LogP contribution in [0.3, 0.4) is 0 Å². The van der Waals surface area contributed by atoms with Gasteiger partial charge in [-0.25, -0.2) is 0 Å². The van der Waals surface area contributed by atoms with Gasteiger partial charge in [0.2, 0.25) is 0 Å². The van der Waals surface area contributed by atoms with Crippen LogP contribution in [0.15, 0.2) is 23.9 Å². The molecular formula is C12H21N3. The van der Waals surface area contributed by atoms with Crippen molar-refractivity contribution >= 4 is 0 Å². The molecule has 2 aliphatic heterocycles. The Morgan fingerprint density at radius 3 is 3.20 bits per heavy atom. The highest BCUT2D eigenvalue weighted by molar-refractivity contribution is 5.17. The fraction of sp³-hybridized carbons (Fsp3) is 0.667. The number of piperidine rings is 1. The van der Waals surface area contributed by atoms with E-state index >= 15 is 0 Å². The van der Waals surface area contributed by atoms with E-state index in [0.29, 0.717) is 0 Å². The van der Waals surface area contributed by atoms with Crippen molar-refractivity contribution in [1.82, 2.24) is 16.0 Å². The van der Waals surface area contributed by atoms with Crippen molar-refractivity contribution in [3.05, 3.63) is 23.9 Å². The largest absolute Gasteiger partial charge is 0.384 e. The summed E-state index contributed by atoms with van der Waals surface area (Å²) in [5, 5.41) is 10.3. The predicted octanol–water partition coefficient (Wildman–Crippen LogP) is 0.619. The molecule has 2 aliphatic rings. The SMILES string of the molecule is C1=CCNC(CNCC2CCCNC2)=C1. The third-order valence-corrected chi connectivity index (χ3v) is 3.03. The molecule has 0 bridgehead atoms. The smallest absolute Gasteiger partial charge is 0.0354 e. The fourth-order valence-electron chi connectivity index (χ4n) is 2.13. The Bertz CT molecular complexity index is 239. The molecule has 3 nitrogen and oxygen atoms in total. The number of hydrogen-bond acceptors (Lipinski definition) is 3. The van der Waals surface area contributed by atoms with E-state index in [1.807, 2.05) is 0 Å². The quantitative estimate of drug-likeness (QED) is 0.632. The number of rotatable bonds is 4. The summed E-state index contributed by atoms with van der Waals surface area (Å²) in [5.41, 5.74) is 1.31. The second kappa shape index (κ2) is 5.93. The number of dihydropyridines is 1. The summed E-state index contributed by atoms with van der Waals surface area (Å²) in [6, 6.07) is 0. The second-order valence-corrected chi connectivity index (χ2v) is 4.34. The second-order valence-electron chi connectivity index (χ2n) is 4.34. The van der Waals surface area contributed by atoms with Gasteiger partial charge in [0.25, 0.3) is 0 Å². The minimum atomic E-state index is 0.818. The first-order chi connectivity index (χ1) is 7.45. The van der Waals surface area contributed by atoms with Gasteiger partial charge in [0, 0.05) is 18.8 Å². The zero-order chi connectivity index (χ0) is 10.3. The molecule has 0 aromatic carbocycles. The normalized spacial score (nSPS) is 25.9. The summed E-state index contributed by atoms with van der Waals surface area (Å²) >= 11 is 0. The van der Waals surface area contributed by atoms with Crippen molar-refractivity contribution in [2.75, 3.05) is 32.7 Å². The van der Waals surface area contributed by atoms with Crippen LogP contribution in [0.5, 0.6) is 0 Å². The van der Waals surface area contributed by atoms with Crippen molar-refractivity contribution in [1.29, 1.82) is 0 Å². The highest BCUT2D eigenvalue weighted by Gasteiger charge is 2.12. The van der Waals surface area contributed by atoms with Gasteiger partial charge in [0.15, 0.2) is 0 Å². The lowest BCUT2D eigenvalue weighted by molar-refractivity contribution is 0.363. The topological polar surface area (TPSA) is 36.1 Å². The van der Waals surface area contributed by atoms with Crippen LogP contribution in [0.4, 0.5) is 0 Å². The molecule has 0 aromatic rings. The molecule has 1 saturated heterocycles. The highest BCUT2D eigenvalue weighted by Crippen LogP contribution is 2.08. The van der Waals surface area contributed by atoms with E-state index < -0.39 is 0 Å². The van der Waals surface area contributed by atoms with Gasteiger partial charge >= 0.3 is 0 Å². The van der Waals surface area contributed by atoms with Gasteiger partial charge in [-0.3, -0.25) is 0 Å². The Hall–Kier alpha value is -0.800. The van der Waals surface area contributed by atoms with E-state index in [1.54, 1.807) is 0 Å². The summed E-state index contributed by atoms with van der Waals surface area (Å²) in [4.78, 5) is 0. The predicted molar refractivity (Wildman–Crippen MR) is 63.7 cm³/mol. The van der Waals surface area contributed by atoms with Crippen LogP contribution < -0.4 is 16.0 Å². The Labute approximate surface area is 92.0 Å². The summed E-state index contributed by atoms with van der Waals surface area (Å²) in [7, 11) is 0. The van der Waals surface area contributed by atoms with E-state index in [9.17, 15) is 0 Å². The molecule has 2 rings (SSSR count). The summed E-state index contributed by atoms with van der Waals surface area (Å²) in [6.07, 6.45) is 9.10. The Balaban J connectivity index is 1.61. The van der Waals surface area contributed by atoms with Gasteiger partial charge in [0.1, 0.15) is 0 Å². The molecule has 0 amide bonds. The maximum absolute atomic E-state index is 3.52. The molecule has 3 heteroatoms. The lowest BCUT2D eigenvalue weighted by Crippen LogP contribution is -2.37. The average molecular weight is 207 g/mol. The first-order valence-electron chi connectivity index (χ1n) is 5.96. The van der Waals surface area contributed by atoms with Gasteiger partial charge < -0.3 is 16.0 Å². The van der Waals surface area contributed by atoms with Crippen LogP contribution in [0.2, 0.25) is 0 Å². The van der Waals surface area contributed by atoms with Crippen molar-refractivity contribution in [3.63, 3.8) is 0 Å². The lowest BCUT2D eigenvalue weighted by atomic mass is 10.00. The molecule has 1 fully saturated rings. The molecule has 84 valence electrons. The number of hydrogen-bond donors (Lipinski definition) is 3. The van der Waals surface area contributed by atoms with Crippen molar-refractivity contribution in [2.45, 2.75) is 12.8 Å². The third-order valence-electron chi connectivity index (χ3n) is 3.03. The Kier molecular flexibility index (Phi) is 4.23. The monoisotopic (exact) mass is 207 g/mol. The highest BCUT2D eigenvalue weighted by atomic mass is 15.0. The summed E-state index contributed by atoms with van der Waals surface area (Å²) in [6.45, 7) is 5.46. The first-order valence-corrected chi connectivity index (χ1v) is 5.96. The fourth-order valence-corrected chi connectivity index (χ4v) is 2.13. The zero-order valence-corrected chi connectivity index (χ0v) is 9.26. The van der Waals surface area contributed by atoms with Crippen LogP contribution >= 0.6 is 0 Å². The minimum Gasteiger partial charge on any atom is -0.384 e. The summed E-state index contributed by atoms with van der Waals surface area (Å²) in [5.74, 6) is 0.818. The van der Waals surface area contributed by atoms with Crippen LogP contribution in [0.1, 0.15) is 12.8 Å². The number of allylic oxidation sites excluding steroid dienone is 2. The lowest BCUT2D eigenvalue weighted by Gasteiger charge is -2.23. The Morgan fingerprint density at radius 2 is 2.47 bits per heavy atom. The van der Waals surface area contributed by atoms with Crippen LogP contribution in [-0.2, 0) is 0 Å². The maximum Gasteiger partial charge on any atom is 0.0354 e. The van der Waals surface area contributed by atoms with Crippen molar-refractivity contribution in [3.8, 4) is 0 Å². The van der Waals surface area contributed by atoms with Gasteiger partial charge in [-0.15, -0.1) is 0 Å². The first kappa shape index (κ1) is 10.7. The van der Waals surface area contributed by atoms with Gasteiger partial charge in [-0.2, -0.15) is 0 Å². The minimum absolute atomic E-state index is 0.818. The van der Waals surface area contributed by atoms with E-state index in [2.05, 4.69) is 34.2 Å².